The highest BCUT2D eigenvalue weighted by atomic mass is 15.1. The molecule has 0 saturated carbocycles. The third kappa shape index (κ3) is 3.04. The highest BCUT2D eigenvalue weighted by Gasteiger charge is 2.15. The van der Waals surface area contributed by atoms with Crippen LogP contribution in [0.15, 0.2) is 78.9 Å². The molecule has 1 aromatic heterocycles. The molecule has 2 heterocycles. The lowest BCUT2D eigenvalue weighted by Crippen LogP contribution is -2.11. The smallest absolute Gasteiger partial charge is 0.146 e. The number of nitrogens with two attached hydrogens (primary N) is 1. The Morgan fingerprint density at radius 3 is 2.50 bits per heavy atom. The number of nitrogen functional groups attached to an aromatic ring is 1. The van der Waals surface area contributed by atoms with Gasteiger partial charge in [-0.1, -0.05) is 54.6 Å². The molecule has 0 bridgehead atoms. The van der Waals surface area contributed by atoms with E-state index in [1.807, 2.05) is 6.07 Å². The van der Waals surface area contributed by atoms with Gasteiger partial charge in [0.25, 0.3) is 0 Å². The Labute approximate surface area is 163 Å². The zero-order valence-electron chi connectivity index (χ0n) is 15.4. The van der Waals surface area contributed by atoms with Crippen molar-refractivity contribution in [2.75, 3.05) is 12.3 Å². The summed E-state index contributed by atoms with van der Waals surface area (Å²) in [5.74, 6) is 0.432. The molecule has 4 heteroatoms. The van der Waals surface area contributed by atoms with Crippen molar-refractivity contribution < 1.29 is 0 Å². The van der Waals surface area contributed by atoms with Crippen molar-refractivity contribution in [2.24, 2.45) is 0 Å². The molecule has 1 aliphatic rings. The van der Waals surface area contributed by atoms with Gasteiger partial charge in [-0.3, -0.25) is 0 Å². The number of benzene rings is 3. The van der Waals surface area contributed by atoms with Gasteiger partial charge in [-0.2, -0.15) is 0 Å². The average Bonchev–Trinajstić information content (AvgIpc) is 2.96. The van der Waals surface area contributed by atoms with Gasteiger partial charge in [0.2, 0.25) is 0 Å². The summed E-state index contributed by atoms with van der Waals surface area (Å²) in [6, 6.07) is 25.4. The Morgan fingerprint density at radius 2 is 1.64 bits per heavy atom. The van der Waals surface area contributed by atoms with E-state index in [9.17, 15) is 0 Å². The van der Waals surface area contributed by atoms with Crippen molar-refractivity contribution in [3.05, 3.63) is 95.6 Å². The minimum Gasteiger partial charge on any atom is -0.382 e. The summed E-state index contributed by atoms with van der Waals surface area (Å²) < 4.78 is 0. The van der Waals surface area contributed by atoms with Crippen molar-refractivity contribution in [3.8, 4) is 11.3 Å². The number of hydrogen-bond acceptors (Lipinski definition) is 4. The molecule has 1 aliphatic heterocycles. The van der Waals surface area contributed by atoms with Crippen LogP contribution in [0, 0.1) is 0 Å². The van der Waals surface area contributed by atoms with Crippen LogP contribution in [0.25, 0.3) is 27.6 Å². The van der Waals surface area contributed by atoms with Gasteiger partial charge >= 0.3 is 0 Å². The molecule has 0 radical (unpaired) electrons. The molecule has 4 nitrogen and oxygen atoms in total. The highest BCUT2D eigenvalue weighted by molar-refractivity contribution is 5.90. The van der Waals surface area contributed by atoms with Gasteiger partial charge < -0.3 is 11.1 Å². The molecule has 3 N–H and O–H groups in total. The van der Waals surface area contributed by atoms with E-state index >= 15 is 0 Å². The average molecular weight is 364 g/mol. The largest absolute Gasteiger partial charge is 0.382 e. The van der Waals surface area contributed by atoms with Crippen molar-refractivity contribution in [3.63, 3.8) is 0 Å². The maximum absolute atomic E-state index is 5.67. The Balaban J connectivity index is 1.59. The molecule has 5 rings (SSSR count). The molecule has 3 aromatic carbocycles. The maximum Gasteiger partial charge on any atom is 0.146 e. The topological polar surface area (TPSA) is 63.8 Å². The number of fused-ring (bicyclic) bond motifs is 2. The summed E-state index contributed by atoms with van der Waals surface area (Å²) in [4.78, 5) is 0. The van der Waals surface area contributed by atoms with Crippen LogP contribution in [0.3, 0.4) is 0 Å². The summed E-state index contributed by atoms with van der Waals surface area (Å²) in [7, 11) is 0. The molecule has 0 aliphatic carbocycles. The number of hydrogen-bond donors (Lipinski definition) is 2. The molecule has 0 amide bonds. The van der Waals surface area contributed by atoms with E-state index in [1.165, 1.54) is 33.0 Å². The molecular weight excluding hydrogens is 344 g/mol. The van der Waals surface area contributed by atoms with Gasteiger partial charge in [0.15, 0.2) is 0 Å². The number of nitrogens with zero attached hydrogens (tertiary/aromatic N) is 2. The fraction of sp³-hybridized carbons (Fsp3) is 0.0833. The van der Waals surface area contributed by atoms with E-state index < -0.39 is 0 Å². The maximum atomic E-state index is 5.67. The third-order valence-corrected chi connectivity index (χ3v) is 5.20. The zero-order valence-corrected chi connectivity index (χ0v) is 15.4. The van der Waals surface area contributed by atoms with E-state index in [0.717, 1.165) is 24.3 Å². The molecule has 4 aromatic rings. The van der Waals surface area contributed by atoms with Crippen LogP contribution >= 0.6 is 0 Å². The monoisotopic (exact) mass is 364 g/mol. The third-order valence-electron chi connectivity index (χ3n) is 5.20. The van der Waals surface area contributed by atoms with Gasteiger partial charge in [0.1, 0.15) is 5.82 Å². The first kappa shape index (κ1) is 16.7. The van der Waals surface area contributed by atoms with E-state index in [1.54, 1.807) is 6.07 Å². The van der Waals surface area contributed by atoms with Crippen molar-refractivity contribution in [1.82, 2.24) is 15.5 Å². The zero-order chi connectivity index (χ0) is 18.9. The van der Waals surface area contributed by atoms with E-state index in [2.05, 4.69) is 82.3 Å². The van der Waals surface area contributed by atoms with Crippen LogP contribution in [0.5, 0.6) is 0 Å². The predicted molar refractivity (Wildman–Crippen MR) is 115 cm³/mol. The molecule has 0 spiro atoms. The fourth-order valence-corrected chi connectivity index (χ4v) is 3.78. The van der Waals surface area contributed by atoms with Crippen molar-refractivity contribution in [2.45, 2.75) is 6.54 Å². The summed E-state index contributed by atoms with van der Waals surface area (Å²) in [5, 5.41) is 14.2. The van der Waals surface area contributed by atoms with Gasteiger partial charge in [-0.15, -0.1) is 10.2 Å². The quantitative estimate of drug-likeness (QED) is 0.553. The Kier molecular flexibility index (Phi) is 4.11. The van der Waals surface area contributed by atoms with Gasteiger partial charge in [0, 0.05) is 18.7 Å². The van der Waals surface area contributed by atoms with E-state index in [-0.39, 0.29) is 0 Å². The van der Waals surface area contributed by atoms with Gasteiger partial charge in [-0.05, 0) is 57.3 Å². The molecule has 0 fully saturated rings. The van der Waals surface area contributed by atoms with Crippen LogP contribution in [0.4, 0.5) is 5.82 Å². The first-order valence-electron chi connectivity index (χ1n) is 9.41. The molecule has 136 valence electrons. The fourth-order valence-electron chi connectivity index (χ4n) is 3.78. The predicted octanol–water partition coefficient (Wildman–Crippen LogP) is 4.41. The lowest BCUT2D eigenvalue weighted by atomic mass is 9.91. The highest BCUT2D eigenvalue weighted by Crippen LogP contribution is 2.32. The normalized spacial score (nSPS) is 13.6. The van der Waals surface area contributed by atoms with Gasteiger partial charge in [0.05, 0.1) is 5.69 Å². The Hall–Kier alpha value is -3.50. The second-order valence-corrected chi connectivity index (χ2v) is 7.03. The van der Waals surface area contributed by atoms with E-state index in [0.29, 0.717) is 5.82 Å². The van der Waals surface area contributed by atoms with Crippen LogP contribution in [-0.4, -0.2) is 16.7 Å². The van der Waals surface area contributed by atoms with Crippen LogP contribution in [-0.2, 0) is 6.54 Å². The molecular formula is C24H20N4. The summed E-state index contributed by atoms with van der Waals surface area (Å²) >= 11 is 0. The minimum atomic E-state index is 0.432. The SMILES string of the molecule is Nc1ccc(-c2ccc3c(c2)CNCC=C3c2ccc3ccccc3c2)nn1. The van der Waals surface area contributed by atoms with Crippen LogP contribution in [0.2, 0.25) is 0 Å². The summed E-state index contributed by atoms with van der Waals surface area (Å²) in [6.07, 6.45) is 2.28. The first-order valence-corrected chi connectivity index (χ1v) is 9.41. The summed E-state index contributed by atoms with van der Waals surface area (Å²) in [5.41, 5.74) is 12.6. The number of anilines is 1. The number of rotatable bonds is 2. The molecule has 28 heavy (non-hydrogen) atoms. The molecule has 0 saturated heterocycles. The van der Waals surface area contributed by atoms with Crippen LogP contribution < -0.4 is 11.1 Å². The van der Waals surface area contributed by atoms with Crippen LogP contribution in [0.1, 0.15) is 16.7 Å². The minimum absolute atomic E-state index is 0.432. The van der Waals surface area contributed by atoms with Gasteiger partial charge in [-0.25, -0.2) is 0 Å². The first-order chi connectivity index (χ1) is 13.8. The second kappa shape index (κ2) is 6.91. The molecule has 0 atom stereocenters. The standard InChI is InChI=1S/C24H20N4/c25-24-10-9-23(27-28-24)19-7-8-21-20(14-19)15-26-12-11-22(21)18-6-5-16-3-1-2-4-17(16)13-18/h1-11,13-14,26H,12,15H2,(H2,25,28). The van der Waals surface area contributed by atoms with E-state index in [4.69, 9.17) is 5.73 Å². The number of aromatic nitrogens is 2. The second-order valence-electron chi connectivity index (χ2n) is 7.03. The summed E-state index contributed by atoms with van der Waals surface area (Å²) in [6.45, 7) is 1.66. The Morgan fingerprint density at radius 1 is 0.786 bits per heavy atom. The molecule has 0 unspecified atom stereocenters. The lowest BCUT2D eigenvalue weighted by Gasteiger charge is -2.13. The Bertz CT molecular complexity index is 1190. The lowest BCUT2D eigenvalue weighted by molar-refractivity contribution is 0.766. The van der Waals surface area contributed by atoms with Crippen molar-refractivity contribution in [1.29, 1.82) is 0 Å². The number of nitrogens with one attached hydrogen (secondary N) is 1. The van der Waals surface area contributed by atoms with Crippen molar-refractivity contribution >= 4 is 22.2 Å².